The maximum absolute atomic E-state index is 10.6. The normalized spacial score (nSPS) is 28.7. The highest BCUT2D eigenvalue weighted by atomic mass is 79.9. The van der Waals surface area contributed by atoms with E-state index < -0.39 is 11.6 Å². The largest absolute Gasteiger partial charge is 0.478 e. The number of rotatable bonds is 2. The first kappa shape index (κ1) is 12.4. The van der Waals surface area contributed by atoms with Gasteiger partial charge >= 0.3 is 5.97 Å². The third-order valence-electron chi connectivity index (χ3n) is 3.34. The topological polar surface area (TPSA) is 55.8 Å². The van der Waals surface area contributed by atoms with E-state index in [9.17, 15) is 4.79 Å². The highest BCUT2D eigenvalue weighted by Gasteiger charge is 2.48. The second-order valence-corrected chi connectivity index (χ2v) is 5.19. The highest BCUT2D eigenvalue weighted by Crippen LogP contribution is 2.49. The van der Waals surface area contributed by atoms with Gasteiger partial charge in [0.25, 0.3) is 0 Å². The highest BCUT2D eigenvalue weighted by molar-refractivity contribution is 9.12. The van der Waals surface area contributed by atoms with Crippen molar-refractivity contribution in [3.63, 3.8) is 0 Å². The first-order valence-electron chi connectivity index (χ1n) is 5.81. The average Bonchev–Trinajstić information content (AvgIpc) is 2.78. The van der Waals surface area contributed by atoms with Crippen LogP contribution in [0.25, 0.3) is 0 Å². The van der Waals surface area contributed by atoms with Gasteiger partial charge in [-0.3, -0.25) is 0 Å². The number of allylic oxidation sites excluding steroid dienone is 5. The Hall–Kier alpha value is -1.59. The van der Waals surface area contributed by atoms with Crippen molar-refractivity contribution >= 4 is 21.9 Å². The van der Waals surface area contributed by atoms with Gasteiger partial charge in [-0.2, -0.15) is 0 Å². The van der Waals surface area contributed by atoms with Gasteiger partial charge in [0.1, 0.15) is 5.76 Å². The van der Waals surface area contributed by atoms with E-state index in [2.05, 4.69) is 15.9 Å². The van der Waals surface area contributed by atoms with E-state index in [1.807, 2.05) is 24.3 Å². The minimum Gasteiger partial charge on any atom is -0.478 e. The molecular weight excluding hydrogens is 312 g/mol. The van der Waals surface area contributed by atoms with Crippen molar-refractivity contribution in [2.24, 2.45) is 0 Å². The predicted octanol–water partition coefficient (Wildman–Crippen LogP) is 2.80. The van der Waals surface area contributed by atoms with Crippen molar-refractivity contribution in [1.82, 2.24) is 0 Å². The summed E-state index contributed by atoms with van der Waals surface area (Å²) in [6.45, 7) is 0.215. The first-order valence-corrected chi connectivity index (χ1v) is 6.60. The molecule has 0 radical (unpaired) electrons. The van der Waals surface area contributed by atoms with Crippen molar-refractivity contribution in [2.75, 3.05) is 6.79 Å². The van der Waals surface area contributed by atoms with Gasteiger partial charge in [0.2, 0.25) is 0 Å². The van der Waals surface area contributed by atoms with Crippen LogP contribution in [0.5, 0.6) is 0 Å². The molecule has 2 aliphatic carbocycles. The molecule has 1 fully saturated rings. The van der Waals surface area contributed by atoms with Crippen molar-refractivity contribution in [2.45, 2.75) is 12.0 Å². The van der Waals surface area contributed by atoms with Crippen LogP contribution in [0.2, 0.25) is 0 Å². The molecule has 1 N–H and O–H groups in total. The summed E-state index contributed by atoms with van der Waals surface area (Å²) in [6.07, 6.45) is 11.2. The molecule has 1 saturated heterocycles. The van der Waals surface area contributed by atoms with Gasteiger partial charge in [0.15, 0.2) is 12.4 Å². The molecule has 3 aliphatic rings. The van der Waals surface area contributed by atoms with Crippen LogP contribution >= 0.6 is 15.9 Å². The molecule has 0 saturated carbocycles. The molecule has 1 unspecified atom stereocenters. The summed E-state index contributed by atoms with van der Waals surface area (Å²) in [7, 11) is 0. The van der Waals surface area contributed by atoms with Gasteiger partial charge in [-0.05, 0) is 33.7 Å². The summed E-state index contributed by atoms with van der Waals surface area (Å²) >= 11 is 3.53. The van der Waals surface area contributed by atoms with E-state index >= 15 is 0 Å². The van der Waals surface area contributed by atoms with E-state index in [4.69, 9.17) is 14.6 Å². The summed E-state index contributed by atoms with van der Waals surface area (Å²) in [5, 5.41) is 8.72. The Kier molecular flexibility index (Phi) is 2.95. The van der Waals surface area contributed by atoms with Crippen LogP contribution in [0.15, 0.2) is 57.8 Å². The third-order valence-corrected chi connectivity index (χ3v) is 4.22. The standard InChI is InChI=1S/C14H11BrO4/c15-13-9(4-5-12(16)17)7-11-14(19-8-18-11)6-2-1-3-10(13)14/h1-5,7H,6,8H2,(H,16,17). The van der Waals surface area contributed by atoms with Crippen LogP contribution < -0.4 is 0 Å². The van der Waals surface area contributed by atoms with E-state index in [0.717, 1.165) is 33.9 Å². The molecule has 0 aromatic rings. The van der Waals surface area contributed by atoms with Crippen molar-refractivity contribution < 1.29 is 19.4 Å². The minimum atomic E-state index is -0.982. The summed E-state index contributed by atoms with van der Waals surface area (Å²) in [5.41, 5.74) is 1.18. The van der Waals surface area contributed by atoms with Gasteiger partial charge in [-0.15, -0.1) is 0 Å². The molecule has 98 valence electrons. The average molecular weight is 323 g/mol. The number of halogens is 1. The van der Waals surface area contributed by atoms with Crippen molar-refractivity contribution in [3.05, 3.63) is 57.8 Å². The third kappa shape index (κ3) is 1.89. The molecule has 1 spiro atoms. The molecule has 3 rings (SSSR count). The van der Waals surface area contributed by atoms with Crippen molar-refractivity contribution in [3.8, 4) is 0 Å². The van der Waals surface area contributed by atoms with E-state index in [1.165, 1.54) is 0 Å². The van der Waals surface area contributed by atoms with Crippen LogP contribution in [-0.4, -0.2) is 23.5 Å². The molecule has 1 aliphatic heterocycles. The molecule has 0 aromatic heterocycles. The number of hydrogen-bond donors (Lipinski definition) is 1. The summed E-state index contributed by atoms with van der Waals surface area (Å²) < 4.78 is 12.1. The molecule has 0 aromatic carbocycles. The lowest BCUT2D eigenvalue weighted by atomic mass is 9.80. The molecular formula is C14H11BrO4. The lowest BCUT2D eigenvalue weighted by Gasteiger charge is -2.34. The fourth-order valence-corrected chi connectivity index (χ4v) is 3.14. The molecule has 0 amide bonds. The van der Waals surface area contributed by atoms with Crippen LogP contribution in [0.4, 0.5) is 0 Å². The number of carboxylic acids is 1. The van der Waals surface area contributed by atoms with Gasteiger partial charge < -0.3 is 14.6 Å². The number of carboxylic acid groups (broad SMARTS) is 1. The van der Waals surface area contributed by atoms with Gasteiger partial charge in [-0.25, -0.2) is 4.79 Å². The zero-order chi connectivity index (χ0) is 13.5. The molecule has 1 heterocycles. The van der Waals surface area contributed by atoms with Gasteiger partial charge in [0, 0.05) is 22.6 Å². The summed E-state index contributed by atoms with van der Waals surface area (Å²) in [4.78, 5) is 10.6. The SMILES string of the molecule is O=C(O)C=CC1=C(Br)C2=CC=CCC23OCOC3=C1. The Bertz CT molecular complexity index is 595. The lowest BCUT2D eigenvalue weighted by Crippen LogP contribution is -2.35. The van der Waals surface area contributed by atoms with E-state index in [1.54, 1.807) is 6.08 Å². The van der Waals surface area contributed by atoms with E-state index in [-0.39, 0.29) is 6.79 Å². The second-order valence-electron chi connectivity index (χ2n) is 4.40. The number of carbonyl (C=O) groups is 1. The zero-order valence-electron chi connectivity index (χ0n) is 9.93. The van der Waals surface area contributed by atoms with Crippen LogP contribution in [0.1, 0.15) is 6.42 Å². The van der Waals surface area contributed by atoms with Crippen LogP contribution in [0.3, 0.4) is 0 Å². The summed E-state index contributed by atoms with van der Waals surface area (Å²) in [5.74, 6) is -0.250. The Morgan fingerprint density at radius 1 is 1.53 bits per heavy atom. The van der Waals surface area contributed by atoms with E-state index in [0.29, 0.717) is 0 Å². The van der Waals surface area contributed by atoms with Crippen molar-refractivity contribution in [1.29, 1.82) is 0 Å². The maximum atomic E-state index is 10.6. The number of ether oxygens (including phenoxy) is 2. The number of hydrogen-bond acceptors (Lipinski definition) is 3. The second kappa shape index (κ2) is 4.51. The number of aliphatic carboxylic acids is 1. The molecule has 1 atom stereocenters. The zero-order valence-corrected chi connectivity index (χ0v) is 11.5. The fourth-order valence-electron chi connectivity index (χ4n) is 2.45. The lowest BCUT2D eigenvalue weighted by molar-refractivity contribution is -0.131. The van der Waals surface area contributed by atoms with Gasteiger partial charge in [0.05, 0.1) is 0 Å². The predicted molar refractivity (Wildman–Crippen MR) is 72.4 cm³/mol. The molecule has 4 nitrogen and oxygen atoms in total. The Morgan fingerprint density at radius 2 is 2.37 bits per heavy atom. The quantitative estimate of drug-likeness (QED) is 0.794. The van der Waals surface area contributed by atoms with Crippen LogP contribution in [-0.2, 0) is 14.3 Å². The first-order chi connectivity index (χ1) is 9.13. The Morgan fingerprint density at radius 3 is 3.16 bits per heavy atom. The Balaban J connectivity index is 2.10. The fraction of sp³-hybridized carbons (Fsp3) is 0.214. The maximum Gasteiger partial charge on any atom is 0.328 e. The molecule has 19 heavy (non-hydrogen) atoms. The van der Waals surface area contributed by atoms with Crippen LogP contribution in [0, 0.1) is 0 Å². The molecule has 5 heteroatoms. The Labute approximate surface area is 118 Å². The van der Waals surface area contributed by atoms with Gasteiger partial charge in [-0.1, -0.05) is 18.2 Å². The summed E-state index contributed by atoms with van der Waals surface area (Å²) in [6, 6.07) is 0. The smallest absolute Gasteiger partial charge is 0.328 e. The minimum absolute atomic E-state index is 0.215. The monoisotopic (exact) mass is 322 g/mol. The molecule has 0 bridgehead atoms.